The highest BCUT2D eigenvalue weighted by atomic mass is 127. The van der Waals surface area contributed by atoms with E-state index in [9.17, 15) is 0 Å². The molecule has 0 radical (unpaired) electrons. The molecule has 2 rings (SSSR count). The number of aryl methyl sites for hydroxylation is 2. The van der Waals surface area contributed by atoms with Gasteiger partial charge >= 0.3 is 0 Å². The van der Waals surface area contributed by atoms with Crippen LogP contribution in [0.1, 0.15) is 22.7 Å². The Labute approximate surface area is 163 Å². The summed E-state index contributed by atoms with van der Waals surface area (Å²) >= 11 is 7.70. The van der Waals surface area contributed by atoms with E-state index < -0.39 is 0 Å². The molecule has 23 heavy (non-hydrogen) atoms. The van der Waals surface area contributed by atoms with Crippen molar-refractivity contribution in [2.45, 2.75) is 26.3 Å². The van der Waals surface area contributed by atoms with E-state index in [0.29, 0.717) is 6.54 Å². The van der Waals surface area contributed by atoms with Crippen molar-refractivity contribution in [1.29, 1.82) is 0 Å². The number of benzene rings is 1. The molecule has 2 aromatic rings. The molecule has 1 heterocycles. The lowest BCUT2D eigenvalue weighted by Gasteiger charge is -2.11. The lowest BCUT2D eigenvalue weighted by molar-refractivity contribution is 0.739. The van der Waals surface area contributed by atoms with Gasteiger partial charge in [0.2, 0.25) is 0 Å². The van der Waals surface area contributed by atoms with Crippen LogP contribution in [0.2, 0.25) is 5.02 Å². The molecule has 0 aliphatic heterocycles. The Hall–Kier alpha value is -0.860. The van der Waals surface area contributed by atoms with E-state index in [2.05, 4.69) is 26.0 Å². The Kier molecular flexibility index (Phi) is 9.50. The van der Waals surface area contributed by atoms with Crippen LogP contribution in [-0.4, -0.2) is 24.5 Å². The number of aliphatic imine (C=N–C) groups is 1. The molecule has 0 saturated carbocycles. The largest absolute Gasteiger partial charge is 0.356 e. The van der Waals surface area contributed by atoms with E-state index in [4.69, 9.17) is 11.6 Å². The van der Waals surface area contributed by atoms with Crippen molar-refractivity contribution in [1.82, 2.24) is 15.6 Å². The fourth-order valence-electron chi connectivity index (χ4n) is 2.02. The maximum atomic E-state index is 5.98. The van der Waals surface area contributed by atoms with Crippen LogP contribution in [0.4, 0.5) is 0 Å². The molecule has 0 bridgehead atoms. The number of thiazole rings is 1. The Bertz CT molecular complexity index is 630. The minimum atomic E-state index is 0. The van der Waals surface area contributed by atoms with Crippen molar-refractivity contribution >= 4 is 52.9 Å². The number of hydrogen-bond donors (Lipinski definition) is 2. The molecule has 2 N–H and O–H groups in total. The quantitative estimate of drug-likeness (QED) is 0.294. The number of nitrogens with one attached hydrogen (secondary N) is 2. The highest BCUT2D eigenvalue weighted by Gasteiger charge is 2.01. The monoisotopic (exact) mass is 464 g/mol. The predicted molar refractivity (Wildman–Crippen MR) is 110 cm³/mol. The Morgan fingerprint density at radius 1 is 1.35 bits per heavy atom. The second-order valence-corrected chi connectivity index (χ2v) is 6.35. The van der Waals surface area contributed by atoms with Gasteiger partial charge in [0.25, 0.3) is 0 Å². The van der Waals surface area contributed by atoms with Crippen LogP contribution in [0.5, 0.6) is 0 Å². The summed E-state index contributed by atoms with van der Waals surface area (Å²) in [6.07, 6.45) is 2.03. The number of hydrogen-bond acceptors (Lipinski definition) is 3. The van der Waals surface area contributed by atoms with Gasteiger partial charge in [-0.15, -0.1) is 35.3 Å². The molecule has 0 atom stereocenters. The molecule has 0 aliphatic carbocycles. The van der Waals surface area contributed by atoms with Gasteiger partial charge in [-0.05, 0) is 31.0 Å². The standard InChI is InChI=1S/C16H21ClN4S.HI/c1-12-11-22-15(21-12)7-4-8-19-16(18-2)20-10-13-5-3-6-14(17)9-13;/h3,5-6,9,11H,4,7-8,10H2,1-2H3,(H2,18,19,20);1H. The van der Waals surface area contributed by atoms with Crippen molar-refractivity contribution in [3.05, 3.63) is 50.9 Å². The van der Waals surface area contributed by atoms with Crippen molar-refractivity contribution in [2.75, 3.05) is 13.6 Å². The first-order chi connectivity index (χ1) is 10.7. The van der Waals surface area contributed by atoms with Gasteiger partial charge in [0.1, 0.15) is 0 Å². The van der Waals surface area contributed by atoms with Crippen molar-refractivity contribution < 1.29 is 0 Å². The fourth-order valence-corrected chi connectivity index (χ4v) is 3.05. The summed E-state index contributed by atoms with van der Waals surface area (Å²) in [5.74, 6) is 0.801. The van der Waals surface area contributed by atoms with E-state index in [1.807, 2.05) is 31.2 Å². The lowest BCUT2D eigenvalue weighted by Crippen LogP contribution is -2.37. The molecule has 0 unspecified atom stereocenters. The minimum Gasteiger partial charge on any atom is -0.356 e. The molecule has 126 valence electrons. The zero-order valence-electron chi connectivity index (χ0n) is 13.3. The second-order valence-electron chi connectivity index (χ2n) is 4.97. The van der Waals surface area contributed by atoms with Gasteiger partial charge in [0.05, 0.1) is 5.01 Å². The molecule has 0 amide bonds. The summed E-state index contributed by atoms with van der Waals surface area (Å²) in [6, 6.07) is 7.81. The summed E-state index contributed by atoms with van der Waals surface area (Å²) in [6.45, 7) is 3.60. The zero-order valence-corrected chi connectivity index (χ0v) is 17.2. The van der Waals surface area contributed by atoms with Crippen molar-refractivity contribution in [3.8, 4) is 0 Å². The summed E-state index contributed by atoms with van der Waals surface area (Å²) in [5.41, 5.74) is 2.24. The number of nitrogens with zero attached hydrogens (tertiary/aromatic N) is 2. The number of guanidine groups is 1. The highest BCUT2D eigenvalue weighted by Crippen LogP contribution is 2.11. The van der Waals surface area contributed by atoms with Crippen LogP contribution >= 0.6 is 46.9 Å². The van der Waals surface area contributed by atoms with Crippen LogP contribution < -0.4 is 10.6 Å². The SMILES string of the molecule is CN=C(NCCCc1nc(C)cs1)NCc1cccc(Cl)c1.I. The summed E-state index contributed by atoms with van der Waals surface area (Å²) in [5, 5.41) is 10.6. The molecule has 0 spiro atoms. The van der Waals surface area contributed by atoms with Crippen LogP contribution in [0, 0.1) is 6.92 Å². The first-order valence-electron chi connectivity index (χ1n) is 7.27. The molecule has 0 saturated heterocycles. The molecule has 1 aromatic carbocycles. The first kappa shape index (κ1) is 20.2. The lowest BCUT2D eigenvalue weighted by atomic mass is 10.2. The third-order valence-electron chi connectivity index (χ3n) is 3.10. The van der Waals surface area contributed by atoms with Crippen LogP contribution in [0.3, 0.4) is 0 Å². The predicted octanol–water partition coefficient (Wildman–Crippen LogP) is 4.02. The molecule has 4 nitrogen and oxygen atoms in total. The maximum Gasteiger partial charge on any atom is 0.191 e. The summed E-state index contributed by atoms with van der Waals surface area (Å²) < 4.78 is 0. The fraction of sp³-hybridized carbons (Fsp3) is 0.375. The van der Waals surface area contributed by atoms with Gasteiger partial charge < -0.3 is 10.6 Å². The molecule has 1 aromatic heterocycles. The van der Waals surface area contributed by atoms with E-state index >= 15 is 0 Å². The van der Waals surface area contributed by atoms with Gasteiger partial charge in [0, 0.05) is 42.7 Å². The molecule has 0 aliphatic rings. The van der Waals surface area contributed by atoms with Gasteiger partial charge in [-0.3, -0.25) is 4.99 Å². The number of halogens is 2. The topological polar surface area (TPSA) is 49.3 Å². The average Bonchev–Trinajstić information content (AvgIpc) is 2.92. The Morgan fingerprint density at radius 3 is 2.83 bits per heavy atom. The maximum absolute atomic E-state index is 5.98. The normalized spacial score (nSPS) is 11.0. The first-order valence-corrected chi connectivity index (χ1v) is 8.53. The third kappa shape index (κ3) is 7.50. The summed E-state index contributed by atoms with van der Waals surface area (Å²) in [4.78, 5) is 8.69. The van der Waals surface area contributed by atoms with Crippen LogP contribution in [-0.2, 0) is 13.0 Å². The van der Waals surface area contributed by atoms with E-state index in [1.54, 1.807) is 18.4 Å². The zero-order chi connectivity index (χ0) is 15.8. The van der Waals surface area contributed by atoms with E-state index in [-0.39, 0.29) is 24.0 Å². The number of aromatic nitrogens is 1. The minimum absolute atomic E-state index is 0. The highest BCUT2D eigenvalue weighted by molar-refractivity contribution is 14.0. The van der Waals surface area contributed by atoms with Gasteiger partial charge in [0.15, 0.2) is 5.96 Å². The van der Waals surface area contributed by atoms with Crippen LogP contribution in [0.25, 0.3) is 0 Å². The molecular weight excluding hydrogens is 443 g/mol. The van der Waals surface area contributed by atoms with Crippen molar-refractivity contribution in [3.63, 3.8) is 0 Å². The molecular formula is C16H22ClIN4S. The molecule has 7 heteroatoms. The number of rotatable bonds is 6. The Balaban J connectivity index is 0.00000264. The van der Waals surface area contributed by atoms with Crippen molar-refractivity contribution in [2.24, 2.45) is 4.99 Å². The van der Waals surface area contributed by atoms with Crippen LogP contribution in [0.15, 0.2) is 34.6 Å². The van der Waals surface area contributed by atoms with Gasteiger partial charge in [-0.25, -0.2) is 4.98 Å². The summed E-state index contributed by atoms with van der Waals surface area (Å²) in [7, 11) is 1.78. The molecule has 0 fully saturated rings. The van der Waals surface area contributed by atoms with E-state index in [1.165, 1.54) is 5.01 Å². The Morgan fingerprint density at radius 2 is 2.17 bits per heavy atom. The average molecular weight is 465 g/mol. The van der Waals surface area contributed by atoms with E-state index in [0.717, 1.165) is 41.6 Å². The third-order valence-corrected chi connectivity index (χ3v) is 4.36. The van der Waals surface area contributed by atoms with Gasteiger partial charge in [-0.2, -0.15) is 0 Å². The van der Waals surface area contributed by atoms with Gasteiger partial charge in [-0.1, -0.05) is 23.7 Å². The smallest absolute Gasteiger partial charge is 0.191 e. The second kappa shape index (κ2) is 10.8.